The average molecular weight is 133 g/mol. The molecule has 3 nitrogen and oxygen atoms in total. The number of hydrogen-bond donors (Lipinski definition) is 0. The summed E-state index contributed by atoms with van der Waals surface area (Å²) in [5.41, 5.74) is -0.269. The minimum atomic E-state index is -0.269. The number of allylic oxidation sites excluding steroid dienone is 1. The van der Waals surface area contributed by atoms with E-state index in [9.17, 15) is 0 Å². The van der Waals surface area contributed by atoms with E-state index in [1.807, 2.05) is 19.1 Å². The van der Waals surface area contributed by atoms with Crippen LogP contribution >= 0.6 is 0 Å². The van der Waals surface area contributed by atoms with Crippen LogP contribution in [0.15, 0.2) is 27.1 Å². The molecule has 10 heavy (non-hydrogen) atoms. The van der Waals surface area contributed by atoms with Crippen LogP contribution in [0, 0.1) is 0 Å². The second kappa shape index (κ2) is 1.62. The van der Waals surface area contributed by atoms with E-state index in [4.69, 9.17) is 0 Å². The standard InChI is InChI=1S/C7H7N3/c1-7-3-2-4-8-6(7)9-5-10-7/h2-5H,1H3. The summed E-state index contributed by atoms with van der Waals surface area (Å²) in [6.45, 7) is 1.99. The van der Waals surface area contributed by atoms with Gasteiger partial charge in [-0.05, 0) is 19.1 Å². The number of nitrogens with zero attached hydrogens (tertiary/aromatic N) is 3. The summed E-state index contributed by atoms with van der Waals surface area (Å²) in [7, 11) is 0. The Bertz CT molecular complexity index is 273. The third-order valence-electron chi connectivity index (χ3n) is 1.66. The third kappa shape index (κ3) is 0.572. The molecule has 2 aliphatic rings. The highest BCUT2D eigenvalue weighted by Crippen LogP contribution is 2.21. The summed E-state index contributed by atoms with van der Waals surface area (Å²) < 4.78 is 0. The van der Waals surface area contributed by atoms with Crippen LogP contribution in [-0.2, 0) is 0 Å². The molecule has 0 amide bonds. The van der Waals surface area contributed by atoms with Gasteiger partial charge in [0.15, 0.2) is 5.84 Å². The maximum absolute atomic E-state index is 4.16. The van der Waals surface area contributed by atoms with Crippen molar-refractivity contribution in [2.24, 2.45) is 15.0 Å². The van der Waals surface area contributed by atoms with E-state index in [0.29, 0.717) is 0 Å². The molecule has 0 aliphatic carbocycles. The number of amidine groups is 1. The van der Waals surface area contributed by atoms with Crippen molar-refractivity contribution in [3.8, 4) is 0 Å². The molecular formula is C7H7N3. The molecule has 1 atom stereocenters. The van der Waals surface area contributed by atoms with E-state index in [0.717, 1.165) is 5.84 Å². The Kier molecular flexibility index (Phi) is 0.897. The maximum Gasteiger partial charge on any atom is 0.161 e. The predicted octanol–water partition coefficient (Wildman–Crippen LogP) is 0.826. The first-order chi connectivity index (χ1) is 4.81. The zero-order chi connectivity index (χ0) is 7.03. The van der Waals surface area contributed by atoms with Crippen LogP contribution in [0.1, 0.15) is 6.92 Å². The SMILES string of the molecule is CC12C=CC=NC1=NC=N2. The van der Waals surface area contributed by atoms with E-state index in [-0.39, 0.29) is 5.54 Å². The smallest absolute Gasteiger partial charge is 0.161 e. The molecule has 0 N–H and O–H groups in total. The Morgan fingerprint density at radius 2 is 2.40 bits per heavy atom. The largest absolute Gasteiger partial charge is 0.255 e. The van der Waals surface area contributed by atoms with Crippen LogP contribution in [0.25, 0.3) is 0 Å². The van der Waals surface area contributed by atoms with Crippen LogP contribution in [0.5, 0.6) is 0 Å². The third-order valence-corrected chi connectivity index (χ3v) is 1.66. The number of dihydropyridines is 1. The highest BCUT2D eigenvalue weighted by molar-refractivity contribution is 6.08. The molecule has 50 valence electrons. The van der Waals surface area contributed by atoms with E-state index < -0.39 is 0 Å². The maximum atomic E-state index is 4.16. The van der Waals surface area contributed by atoms with E-state index in [1.54, 1.807) is 12.6 Å². The van der Waals surface area contributed by atoms with Gasteiger partial charge in [-0.3, -0.25) is 4.99 Å². The van der Waals surface area contributed by atoms with Gasteiger partial charge in [-0.25, -0.2) is 9.98 Å². The number of aliphatic imine (C=N–C) groups is 3. The molecule has 0 fully saturated rings. The molecule has 0 aromatic rings. The van der Waals surface area contributed by atoms with Gasteiger partial charge in [-0.1, -0.05) is 0 Å². The summed E-state index contributed by atoms with van der Waals surface area (Å²) in [6, 6.07) is 0. The second-order valence-corrected chi connectivity index (χ2v) is 2.48. The van der Waals surface area contributed by atoms with E-state index >= 15 is 0 Å². The van der Waals surface area contributed by atoms with Gasteiger partial charge in [0.25, 0.3) is 0 Å². The molecule has 2 aliphatic heterocycles. The Hall–Kier alpha value is -1.25. The zero-order valence-electron chi connectivity index (χ0n) is 5.65. The molecule has 0 saturated heterocycles. The molecule has 3 heteroatoms. The Morgan fingerprint density at radius 1 is 1.50 bits per heavy atom. The van der Waals surface area contributed by atoms with Crippen LogP contribution in [0.4, 0.5) is 0 Å². The van der Waals surface area contributed by atoms with E-state index in [1.165, 1.54) is 0 Å². The number of hydrogen-bond acceptors (Lipinski definition) is 3. The van der Waals surface area contributed by atoms with Crippen LogP contribution in [0.3, 0.4) is 0 Å². The Morgan fingerprint density at radius 3 is 3.20 bits per heavy atom. The van der Waals surface area contributed by atoms with Crippen molar-refractivity contribution in [1.29, 1.82) is 0 Å². The number of fused-ring (bicyclic) bond motifs is 1. The highest BCUT2D eigenvalue weighted by Gasteiger charge is 2.30. The topological polar surface area (TPSA) is 37.1 Å². The molecule has 0 aromatic heterocycles. The first kappa shape index (κ1) is 5.53. The van der Waals surface area contributed by atoms with Crippen molar-refractivity contribution >= 4 is 18.4 Å². The lowest BCUT2D eigenvalue weighted by atomic mass is 10.0. The van der Waals surface area contributed by atoms with Crippen LogP contribution in [-0.4, -0.2) is 23.9 Å². The van der Waals surface area contributed by atoms with Crippen LogP contribution in [0.2, 0.25) is 0 Å². The van der Waals surface area contributed by atoms with Crippen molar-refractivity contribution in [2.45, 2.75) is 12.5 Å². The first-order valence-electron chi connectivity index (χ1n) is 3.15. The van der Waals surface area contributed by atoms with Gasteiger partial charge < -0.3 is 0 Å². The average Bonchev–Trinajstić information content (AvgIpc) is 2.29. The minimum Gasteiger partial charge on any atom is -0.255 e. The lowest BCUT2D eigenvalue weighted by Crippen LogP contribution is -2.28. The number of rotatable bonds is 0. The lowest BCUT2D eigenvalue weighted by Gasteiger charge is -2.17. The summed E-state index contributed by atoms with van der Waals surface area (Å²) >= 11 is 0. The molecule has 2 heterocycles. The fourth-order valence-electron chi connectivity index (χ4n) is 1.02. The minimum absolute atomic E-state index is 0.269. The molecule has 0 spiro atoms. The van der Waals surface area contributed by atoms with Crippen LogP contribution < -0.4 is 0 Å². The molecule has 2 rings (SSSR count). The van der Waals surface area contributed by atoms with Crippen molar-refractivity contribution in [2.75, 3.05) is 0 Å². The van der Waals surface area contributed by atoms with Crippen molar-refractivity contribution in [1.82, 2.24) is 0 Å². The molecule has 0 saturated carbocycles. The fourth-order valence-corrected chi connectivity index (χ4v) is 1.02. The fraction of sp³-hybridized carbons (Fsp3) is 0.286. The first-order valence-corrected chi connectivity index (χ1v) is 3.15. The summed E-state index contributed by atoms with van der Waals surface area (Å²) in [5, 5.41) is 0. The molecular weight excluding hydrogens is 126 g/mol. The zero-order valence-corrected chi connectivity index (χ0v) is 5.65. The normalized spacial score (nSPS) is 34.3. The van der Waals surface area contributed by atoms with Gasteiger partial charge in [0.1, 0.15) is 11.9 Å². The highest BCUT2D eigenvalue weighted by atomic mass is 15.1. The van der Waals surface area contributed by atoms with Crippen molar-refractivity contribution in [3.63, 3.8) is 0 Å². The molecule has 0 radical (unpaired) electrons. The van der Waals surface area contributed by atoms with Gasteiger partial charge in [0.05, 0.1) is 0 Å². The van der Waals surface area contributed by atoms with E-state index in [2.05, 4.69) is 15.0 Å². The quantitative estimate of drug-likeness (QED) is 0.469. The Balaban J connectivity index is 2.51. The van der Waals surface area contributed by atoms with Gasteiger partial charge in [-0.2, -0.15) is 0 Å². The Labute approximate surface area is 58.9 Å². The molecule has 0 aromatic carbocycles. The van der Waals surface area contributed by atoms with Crippen molar-refractivity contribution in [3.05, 3.63) is 12.2 Å². The van der Waals surface area contributed by atoms with Crippen molar-refractivity contribution < 1.29 is 0 Å². The molecule has 0 bridgehead atoms. The van der Waals surface area contributed by atoms with Gasteiger partial charge >= 0.3 is 0 Å². The summed E-state index contributed by atoms with van der Waals surface area (Å²) in [4.78, 5) is 12.2. The second-order valence-electron chi connectivity index (χ2n) is 2.48. The predicted molar refractivity (Wildman–Crippen MR) is 42.0 cm³/mol. The van der Waals surface area contributed by atoms with Gasteiger partial charge in [-0.15, -0.1) is 0 Å². The molecule has 1 unspecified atom stereocenters. The lowest BCUT2D eigenvalue weighted by molar-refractivity contribution is 0.795. The monoisotopic (exact) mass is 133 g/mol. The summed E-state index contributed by atoms with van der Waals surface area (Å²) in [5.74, 6) is 0.787. The summed E-state index contributed by atoms with van der Waals surface area (Å²) in [6.07, 6.45) is 7.17. The van der Waals surface area contributed by atoms with Gasteiger partial charge in [0, 0.05) is 6.21 Å². The van der Waals surface area contributed by atoms with Gasteiger partial charge in [0.2, 0.25) is 0 Å².